The maximum absolute atomic E-state index is 12.0. The van der Waals surface area contributed by atoms with Crippen LogP contribution >= 0.6 is 0 Å². The third-order valence-corrected chi connectivity index (χ3v) is 2.45. The van der Waals surface area contributed by atoms with Crippen LogP contribution in [0.5, 0.6) is 0 Å². The first-order chi connectivity index (χ1) is 7.35. The molecule has 0 amide bonds. The van der Waals surface area contributed by atoms with Gasteiger partial charge >= 0.3 is 6.18 Å². The first-order valence-electron chi connectivity index (χ1n) is 6.15. The summed E-state index contributed by atoms with van der Waals surface area (Å²) in [5.74, 6) is 0.528. The van der Waals surface area contributed by atoms with E-state index in [9.17, 15) is 13.2 Å². The molecule has 0 radical (unpaired) electrons. The molecule has 1 nitrogen and oxygen atoms in total. The molecular formula is C12H24F3N. The molecule has 0 rings (SSSR count). The van der Waals surface area contributed by atoms with Crippen LogP contribution in [0, 0.1) is 5.92 Å². The zero-order valence-electron chi connectivity index (χ0n) is 10.5. The zero-order valence-corrected chi connectivity index (χ0v) is 10.5. The first kappa shape index (κ1) is 15.8. The minimum atomic E-state index is -4.01. The Balaban J connectivity index is 3.82. The lowest BCUT2D eigenvalue weighted by Crippen LogP contribution is -2.31. The minimum absolute atomic E-state index is 0.234. The van der Waals surface area contributed by atoms with E-state index in [1.807, 2.05) is 0 Å². The van der Waals surface area contributed by atoms with E-state index in [1.165, 1.54) is 0 Å². The summed E-state index contributed by atoms with van der Waals surface area (Å²) in [6.07, 6.45) is -1.83. The fourth-order valence-corrected chi connectivity index (χ4v) is 1.77. The maximum atomic E-state index is 12.0. The summed E-state index contributed by atoms with van der Waals surface area (Å²) in [6.45, 7) is 7.16. The van der Waals surface area contributed by atoms with Crippen molar-refractivity contribution in [1.82, 2.24) is 5.32 Å². The van der Waals surface area contributed by atoms with Gasteiger partial charge in [-0.1, -0.05) is 20.8 Å². The van der Waals surface area contributed by atoms with Crippen LogP contribution in [0.4, 0.5) is 13.2 Å². The second kappa shape index (κ2) is 7.93. The van der Waals surface area contributed by atoms with Gasteiger partial charge in [-0.05, 0) is 38.1 Å². The van der Waals surface area contributed by atoms with E-state index in [1.54, 1.807) is 0 Å². The Morgan fingerprint density at radius 2 is 1.81 bits per heavy atom. The Bertz CT molecular complexity index is 166. The number of hydrogen-bond acceptors (Lipinski definition) is 1. The second-order valence-electron chi connectivity index (χ2n) is 4.79. The van der Waals surface area contributed by atoms with Crippen LogP contribution in [0.2, 0.25) is 0 Å². The third kappa shape index (κ3) is 10.3. The van der Waals surface area contributed by atoms with Crippen LogP contribution < -0.4 is 5.32 Å². The Hall–Kier alpha value is -0.250. The van der Waals surface area contributed by atoms with Crippen LogP contribution in [0.15, 0.2) is 0 Å². The molecule has 1 N–H and O–H groups in total. The van der Waals surface area contributed by atoms with Crippen LogP contribution in [-0.2, 0) is 0 Å². The van der Waals surface area contributed by atoms with E-state index in [4.69, 9.17) is 0 Å². The van der Waals surface area contributed by atoms with Crippen LogP contribution in [-0.4, -0.2) is 18.8 Å². The van der Waals surface area contributed by atoms with Crippen LogP contribution in [0.3, 0.4) is 0 Å². The summed E-state index contributed by atoms with van der Waals surface area (Å²) in [7, 11) is 0. The molecule has 0 spiro atoms. The number of nitrogens with one attached hydrogen (secondary N) is 1. The predicted molar refractivity (Wildman–Crippen MR) is 61.4 cm³/mol. The van der Waals surface area contributed by atoms with Crippen molar-refractivity contribution in [1.29, 1.82) is 0 Å². The topological polar surface area (TPSA) is 12.0 Å². The molecule has 0 heterocycles. The van der Waals surface area contributed by atoms with E-state index in [0.717, 1.165) is 19.4 Å². The molecule has 1 atom stereocenters. The van der Waals surface area contributed by atoms with Gasteiger partial charge in [0.25, 0.3) is 0 Å². The molecule has 0 saturated carbocycles. The second-order valence-corrected chi connectivity index (χ2v) is 4.79. The van der Waals surface area contributed by atoms with Crippen molar-refractivity contribution in [2.75, 3.05) is 6.54 Å². The summed E-state index contributed by atoms with van der Waals surface area (Å²) in [4.78, 5) is 0. The zero-order chi connectivity index (χ0) is 12.6. The fraction of sp³-hybridized carbons (Fsp3) is 1.00. The van der Waals surface area contributed by atoms with Gasteiger partial charge in [-0.2, -0.15) is 13.2 Å². The summed E-state index contributed by atoms with van der Waals surface area (Å²) < 4.78 is 36.0. The number of alkyl halides is 3. The standard InChI is InChI=1S/C12H24F3N/c1-4-8-16-11(9-10(2)3)6-5-7-12(13,14)15/h10-11,16H,4-9H2,1-3H3. The highest BCUT2D eigenvalue weighted by Crippen LogP contribution is 2.23. The normalized spacial score (nSPS) is 14.4. The summed E-state index contributed by atoms with van der Waals surface area (Å²) >= 11 is 0. The predicted octanol–water partition coefficient (Wildman–Crippen LogP) is 4.13. The van der Waals surface area contributed by atoms with Crippen molar-refractivity contribution in [3.05, 3.63) is 0 Å². The molecule has 0 bridgehead atoms. The Morgan fingerprint density at radius 1 is 1.19 bits per heavy atom. The SMILES string of the molecule is CCCNC(CCCC(F)(F)F)CC(C)C. The number of hydrogen-bond donors (Lipinski definition) is 1. The van der Waals surface area contributed by atoms with Gasteiger partial charge < -0.3 is 5.32 Å². The molecule has 0 aliphatic rings. The lowest BCUT2D eigenvalue weighted by molar-refractivity contribution is -0.135. The molecule has 16 heavy (non-hydrogen) atoms. The van der Waals surface area contributed by atoms with Gasteiger partial charge in [0.2, 0.25) is 0 Å². The molecule has 0 aromatic rings. The quantitative estimate of drug-likeness (QED) is 0.671. The highest BCUT2D eigenvalue weighted by Gasteiger charge is 2.26. The molecule has 98 valence electrons. The molecule has 0 aliphatic heterocycles. The van der Waals surface area contributed by atoms with Crippen molar-refractivity contribution >= 4 is 0 Å². The van der Waals surface area contributed by atoms with Gasteiger partial charge in [0.1, 0.15) is 0 Å². The first-order valence-corrected chi connectivity index (χ1v) is 6.15. The average molecular weight is 239 g/mol. The smallest absolute Gasteiger partial charge is 0.314 e. The monoisotopic (exact) mass is 239 g/mol. The molecule has 1 unspecified atom stereocenters. The van der Waals surface area contributed by atoms with E-state index >= 15 is 0 Å². The van der Waals surface area contributed by atoms with Gasteiger partial charge in [0, 0.05) is 12.5 Å². The van der Waals surface area contributed by atoms with E-state index < -0.39 is 12.6 Å². The van der Waals surface area contributed by atoms with Crippen molar-refractivity contribution in [3.63, 3.8) is 0 Å². The highest BCUT2D eigenvalue weighted by molar-refractivity contribution is 4.69. The molecule has 0 saturated heterocycles. The molecule has 0 aliphatic carbocycles. The number of halogens is 3. The summed E-state index contributed by atoms with van der Waals surface area (Å²) in [5.41, 5.74) is 0. The Morgan fingerprint density at radius 3 is 2.25 bits per heavy atom. The van der Waals surface area contributed by atoms with Crippen molar-refractivity contribution in [3.8, 4) is 0 Å². The van der Waals surface area contributed by atoms with E-state index in [0.29, 0.717) is 12.3 Å². The van der Waals surface area contributed by atoms with Crippen molar-refractivity contribution in [2.45, 2.75) is 65.1 Å². The molecule has 0 fully saturated rings. The maximum Gasteiger partial charge on any atom is 0.389 e. The van der Waals surface area contributed by atoms with Gasteiger partial charge in [0.05, 0.1) is 0 Å². The van der Waals surface area contributed by atoms with Gasteiger partial charge in [-0.25, -0.2) is 0 Å². The summed E-state index contributed by atoms with van der Waals surface area (Å²) in [5, 5.41) is 3.32. The Labute approximate surface area is 96.8 Å². The van der Waals surface area contributed by atoms with Gasteiger partial charge in [-0.3, -0.25) is 0 Å². The van der Waals surface area contributed by atoms with Crippen molar-refractivity contribution < 1.29 is 13.2 Å². The van der Waals surface area contributed by atoms with Crippen LogP contribution in [0.1, 0.15) is 52.9 Å². The average Bonchev–Trinajstić information content (AvgIpc) is 2.11. The lowest BCUT2D eigenvalue weighted by atomic mass is 9.99. The Kier molecular flexibility index (Phi) is 7.81. The lowest BCUT2D eigenvalue weighted by Gasteiger charge is -2.20. The molecule has 0 aromatic carbocycles. The molecule has 0 aromatic heterocycles. The fourth-order valence-electron chi connectivity index (χ4n) is 1.77. The minimum Gasteiger partial charge on any atom is -0.314 e. The van der Waals surface area contributed by atoms with Gasteiger partial charge in [-0.15, -0.1) is 0 Å². The summed E-state index contributed by atoms with van der Waals surface area (Å²) in [6, 6.07) is 0.238. The molecule has 4 heteroatoms. The van der Waals surface area contributed by atoms with Crippen molar-refractivity contribution in [2.24, 2.45) is 5.92 Å². The highest BCUT2D eigenvalue weighted by atomic mass is 19.4. The van der Waals surface area contributed by atoms with Crippen LogP contribution in [0.25, 0.3) is 0 Å². The van der Waals surface area contributed by atoms with E-state index in [2.05, 4.69) is 26.1 Å². The number of rotatable bonds is 8. The third-order valence-electron chi connectivity index (χ3n) is 2.45. The molecular weight excluding hydrogens is 215 g/mol. The largest absolute Gasteiger partial charge is 0.389 e. The van der Waals surface area contributed by atoms with E-state index in [-0.39, 0.29) is 12.5 Å². The van der Waals surface area contributed by atoms with Gasteiger partial charge in [0.15, 0.2) is 0 Å².